The SMILES string of the molecule is CC(C)(C)OC(=O)N1Cc2ccc(F)cc2C2CCC21. The van der Waals surface area contributed by atoms with Gasteiger partial charge in [-0.1, -0.05) is 6.07 Å². The van der Waals surface area contributed by atoms with Gasteiger partial charge in [-0.05, 0) is 56.9 Å². The summed E-state index contributed by atoms with van der Waals surface area (Å²) >= 11 is 0. The highest BCUT2D eigenvalue weighted by Gasteiger charge is 2.44. The Bertz CT molecular complexity index is 550. The molecule has 0 N–H and O–H groups in total. The van der Waals surface area contributed by atoms with E-state index in [0.29, 0.717) is 6.54 Å². The molecule has 2 atom stereocenters. The number of carbonyl (C=O) groups excluding carboxylic acids is 1. The predicted molar refractivity (Wildman–Crippen MR) is 73.9 cm³/mol. The van der Waals surface area contributed by atoms with Crippen molar-refractivity contribution in [3.63, 3.8) is 0 Å². The number of fused-ring (bicyclic) bond motifs is 3. The van der Waals surface area contributed by atoms with E-state index in [1.807, 2.05) is 20.8 Å². The Morgan fingerprint density at radius 2 is 2.10 bits per heavy atom. The Balaban J connectivity index is 1.86. The van der Waals surface area contributed by atoms with Crippen LogP contribution >= 0.6 is 0 Å². The zero-order valence-electron chi connectivity index (χ0n) is 12.1. The van der Waals surface area contributed by atoms with Crippen molar-refractivity contribution < 1.29 is 13.9 Å². The zero-order chi connectivity index (χ0) is 14.5. The Kier molecular flexibility index (Phi) is 3.00. The molecular weight excluding hydrogens is 257 g/mol. The lowest BCUT2D eigenvalue weighted by Gasteiger charge is -2.49. The van der Waals surface area contributed by atoms with E-state index in [4.69, 9.17) is 4.74 Å². The van der Waals surface area contributed by atoms with Crippen LogP contribution in [0.5, 0.6) is 0 Å². The van der Waals surface area contributed by atoms with Crippen molar-refractivity contribution in [3.8, 4) is 0 Å². The maximum absolute atomic E-state index is 13.4. The van der Waals surface area contributed by atoms with Crippen LogP contribution in [0.2, 0.25) is 0 Å². The van der Waals surface area contributed by atoms with Crippen LogP contribution < -0.4 is 0 Å². The van der Waals surface area contributed by atoms with Crippen molar-refractivity contribution in [2.24, 2.45) is 0 Å². The molecule has 3 nitrogen and oxygen atoms in total. The van der Waals surface area contributed by atoms with Crippen LogP contribution in [0.15, 0.2) is 18.2 Å². The molecule has 4 heteroatoms. The van der Waals surface area contributed by atoms with Crippen LogP contribution in [0.1, 0.15) is 50.7 Å². The van der Waals surface area contributed by atoms with Gasteiger partial charge in [0.2, 0.25) is 0 Å². The number of halogens is 1. The van der Waals surface area contributed by atoms with E-state index >= 15 is 0 Å². The van der Waals surface area contributed by atoms with E-state index in [1.165, 1.54) is 6.07 Å². The van der Waals surface area contributed by atoms with Gasteiger partial charge >= 0.3 is 6.09 Å². The minimum absolute atomic E-state index is 0.166. The molecule has 1 aliphatic heterocycles. The summed E-state index contributed by atoms with van der Waals surface area (Å²) in [4.78, 5) is 14.1. The van der Waals surface area contributed by atoms with Gasteiger partial charge in [0, 0.05) is 18.5 Å². The summed E-state index contributed by atoms with van der Waals surface area (Å²) in [7, 11) is 0. The van der Waals surface area contributed by atoms with Gasteiger partial charge in [0.25, 0.3) is 0 Å². The number of carbonyl (C=O) groups is 1. The van der Waals surface area contributed by atoms with E-state index < -0.39 is 5.60 Å². The van der Waals surface area contributed by atoms with Crippen molar-refractivity contribution in [2.45, 2.75) is 57.7 Å². The standard InChI is InChI=1S/C16H20FNO2/c1-16(2,3)20-15(19)18-9-10-4-5-11(17)8-13(10)12-6-7-14(12)18/h4-5,8,12,14H,6-7,9H2,1-3H3. The molecule has 0 aromatic heterocycles. The molecule has 1 amide bonds. The summed E-state index contributed by atoms with van der Waals surface area (Å²) in [6.07, 6.45) is 1.72. The summed E-state index contributed by atoms with van der Waals surface area (Å²) in [5.41, 5.74) is 1.62. The largest absolute Gasteiger partial charge is 0.444 e. The molecule has 1 aliphatic carbocycles. The van der Waals surface area contributed by atoms with Gasteiger partial charge in [0.15, 0.2) is 0 Å². The summed E-state index contributed by atoms with van der Waals surface area (Å²) in [6, 6.07) is 5.04. The van der Waals surface area contributed by atoms with Gasteiger partial charge in [-0.2, -0.15) is 0 Å². The molecule has 2 aliphatic rings. The lowest BCUT2D eigenvalue weighted by atomic mass is 9.70. The molecule has 2 unspecified atom stereocenters. The van der Waals surface area contributed by atoms with E-state index in [9.17, 15) is 9.18 Å². The second-order valence-electron chi connectivity index (χ2n) is 6.70. The highest BCUT2D eigenvalue weighted by Crippen LogP contribution is 2.46. The molecular formula is C16H20FNO2. The third-order valence-corrected chi connectivity index (χ3v) is 4.11. The molecule has 108 valence electrons. The smallest absolute Gasteiger partial charge is 0.410 e. The maximum Gasteiger partial charge on any atom is 0.410 e. The fourth-order valence-electron chi connectivity index (χ4n) is 3.09. The Morgan fingerprint density at radius 3 is 2.70 bits per heavy atom. The highest BCUT2D eigenvalue weighted by molar-refractivity contribution is 5.70. The van der Waals surface area contributed by atoms with Crippen molar-refractivity contribution in [1.82, 2.24) is 4.90 Å². The average Bonchev–Trinajstić information content (AvgIpc) is 2.26. The quantitative estimate of drug-likeness (QED) is 0.721. The Labute approximate surface area is 118 Å². The number of benzene rings is 1. The van der Waals surface area contributed by atoms with E-state index in [2.05, 4.69) is 0 Å². The van der Waals surface area contributed by atoms with Crippen LogP contribution in [-0.4, -0.2) is 22.6 Å². The lowest BCUT2D eigenvalue weighted by molar-refractivity contribution is -0.00455. The first-order valence-corrected chi connectivity index (χ1v) is 7.13. The second kappa shape index (κ2) is 4.47. The number of hydrogen-bond donors (Lipinski definition) is 0. The molecule has 3 rings (SSSR count). The third kappa shape index (κ3) is 2.28. The van der Waals surface area contributed by atoms with Crippen LogP contribution in [-0.2, 0) is 11.3 Å². The fourth-order valence-corrected chi connectivity index (χ4v) is 3.09. The van der Waals surface area contributed by atoms with Gasteiger partial charge in [-0.3, -0.25) is 0 Å². The number of amides is 1. The van der Waals surface area contributed by atoms with E-state index in [-0.39, 0.29) is 23.9 Å². The van der Waals surface area contributed by atoms with Crippen LogP contribution in [0, 0.1) is 5.82 Å². The first-order chi connectivity index (χ1) is 9.35. The van der Waals surface area contributed by atoms with Crippen LogP contribution in [0.3, 0.4) is 0 Å². The topological polar surface area (TPSA) is 29.5 Å². The minimum atomic E-state index is -0.487. The first-order valence-electron chi connectivity index (χ1n) is 7.13. The van der Waals surface area contributed by atoms with Crippen LogP contribution in [0.25, 0.3) is 0 Å². The highest BCUT2D eigenvalue weighted by atomic mass is 19.1. The monoisotopic (exact) mass is 277 g/mol. The number of ether oxygens (including phenoxy) is 1. The minimum Gasteiger partial charge on any atom is -0.444 e. The predicted octanol–water partition coefficient (Wildman–Crippen LogP) is 3.82. The number of hydrogen-bond acceptors (Lipinski definition) is 2. The Hall–Kier alpha value is -1.58. The normalized spacial score (nSPS) is 24.5. The summed E-state index contributed by atoms with van der Waals surface area (Å²) in [6.45, 7) is 6.13. The molecule has 1 aromatic rings. The summed E-state index contributed by atoms with van der Waals surface area (Å²) < 4.78 is 18.9. The molecule has 20 heavy (non-hydrogen) atoms. The second-order valence-corrected chi connectivity index (χ2v) is 6.70. The maximum atomic E-state index is 13.4. The average molecular weight is 277 g/mol. The Morgan fingerprint density at radius 1 is 1.35 bits per heavy atom. The first kappa shape index (κ1) is 13.4. The van der Waals surface area contributed by atoms with Gasteiger partial charge in [0.1, 0.15) is 11.4 Å². The molecule has 0 saturated heterocycles. The molecule has 1 saturated carbocycles. The zero-order valence-corrected chi connectivity index (χ0v) is 12.1. The third-order valence-electron chi connectivity index (χ3n) is 4.11. The number of rotatable bonds is 0. The van der Waals surface area contributed by atoms with Gasteiger partial charge in [-0.25, -0.2) is 9.18 Å². The molecule has 1 fully saturated rings. The molecule has 1 heterocycles. The summed E-state index contributed by atoms with van der Waals surface area (Å²) in [5, 5.41) is 0. The van der Waals surface area contributed by atoms with Crippen molar-refractivity contribution >= 4 is 6.09 Å². The summed E-state index contributed by atoms with van der Waals surface area (Å²) in [5.74, 6) is 0.0714. The van der Waals surface area contributed by atoms with Crippen LogP contribution in [0.4, 0.5) is 9.18 Å². The van der Waals surface area contributed by atoms with E-state index in [0.717, 1.165) is 24.0 Å². The molecule has 0 radical (unpaired) electrons. The van der Waals surface area contributed by atoms with E-state index in [1.54, 1.807) is 17.0 Å². The van der Waals surface area contributed by atoms with Gasteiger partial charge in [-0.15, -0.1) is 0 Å². The molecule has 0 bridgehead atoms. The number of nitrogens with zero attached hydrogens (tertiary/aromatic N) is 1. The molecule has 0 spiro atoms. The van der Waals surface area contributed by atoms with Crippen molar-refractivity contribution in [3.05, 3.63) is 35.1 Å². The van der Waals surface area contributed by atoms with Gasteiger partial charge < -0.3 is 9.64 Å². The van der Waals surface area contributed by atoms with Crippen molar-refractivity contribution in [2.75, 3.05) is 0 Å². The lowest BCUT2D eigenvalue weighted by Crippen LogP contribution is -2.52. The fraction of sp³-hybridized carbons (Fsp3) is 0.562. The van der Waals surface area contributed by atoms with Crippen molar-refractivity contribution in [1.29, 1.82) is 0 Å². The van der Waals surface area contributed by atoms with Gasteiger partial charge in [0.05, 0.1) is 0 Å². The molecule has 1 aromatic carbocycles.